The fraction of sp³-hybridized carbons (Fsp3) is 0.130. The van der Waals surface area contributed by atoms with Crippen LogP contribution in [0.2, 0.25) is 0 Å². The van der Waals surface area contributed by atoms with Gasteiger partial charge < -0.3 is 10.1 Å². The predicted octanol–water partition coefficient (Wildman–Crippen LogP) is 4.50. The van der Waals surface area contributed by atoms with Crippen molar-refractivity contribution in [2.45, 2.75) is 12.6 Å². The van der Waals surface area contributed by atoms with Gasteiger partial charge in [-0.15, -0.1) is 0 Å². The Morgan fingerprint density at radius 1 is 0.966 bits per heavy atom. The van der Waals surface area contributed by atoms with E-state index in [1.165, 1.54) is 12.1 Å². The lowest BCUT2D eigenvalue weighted by Gasteiger charge is -2.20. The Balaban J connectivity index is 1.59. The molecule has 2 N–H and O–H groups in total. The largest absolute Gasteiger partial charge is 0.497 e. The maximum Gasteiger partial charge on any atom is 0.123 e. The highest BCUT2D eigenvalue weighted by atomic mass is 19.1. The Bertz CT molecular complexity index is 1050. The minimum atomic E-state index is -0.259. The van der Waals surface area contributed by atoms with Crippen LogP contribution in [0.4, 0.5) is 4.39 Å². The molecule has 0 aliphatic heterocycles. The maximum atomic E-state index is 13.3. The second-order valence-electron chi connectivity index (χ2n) is 6.64. The summed E-state index contributed by atoms with van der Waals surface area (Å²) in [7, 11) is 1.66. The first-order valence-electron chi connectivity index (χ1n) is 9.30. The summed E-state index contributed by atoms with van der Waals surface area (Å²) in [5.41, 5.74) is 5.00. The molecule has 2 aromatic carbocycles. The average Bonchev–Trinajstić information content (AvgIpc) is 3.24. The Labute approximate surface area is 168 Å². The molecule has 4 rings (SSSR count). The Kier molecular flexibility index (Phi) is 5.63. The van der Waals surface area contributed by atoms with Crippen LogP contribution in [-0.2, 0) is 6.54 Å². The van der Waals surface area contributed by atoms with Gasteiger partial charge in [-0.05, 0) is 59.7 Å². The predicted molar refractivity (Wildman–Crippen MR) is 110 cm³/mol. The Hall–Kier alpha value is -3.51. The van der Waals surface area contributed by atoms with Crippen LogP contribution in [0.25, 0.3) is 11.3 Å². The molecule has 0 amide bonds. The van der Waals surface area contributed by atoms with E-state index in [2.05, 4.69) is 20.5 Å². The second-order valence-corrected chi connectivity index (χ2v) is 6.64. The summed E-state index contributed by atoms with van der Waals surface area (Å²) >= 11 is 0. The van der Waals surface area contributed by atoms with Crippen molar-refractivity contribution in [1.82, 2.24) is 20.5 Å². The quantitative estimate of drug-likeness (QED) is 0.489. The number of ether oxygens (including phenoxy) is 1. The summed E-state index contributed by atoms with van der Waals surface area (Å²) in [6.07, 6.45) is 5.37. The van der Waals surface area contributed by atoms with Gasteiger partial charge in [0.1, 0.15) is 11.6 Å². The topological polar surface area (TPSA) is 62.8 Å². The van der Waals surface area contributed by atoms with E-state index >= 15 is 0 Å². The molecular formula is C23H21FN4O. The van der Waals surface area contributed by atoms with E-state index in [0.717, 1.165) is 33.7 Å². The highest BCUT2D eigenvalue weighted by Gasteiger charge is 2.16. The van der Waals surface area contributed by atoms with Gasteiger partial charge in [0.05, 0.1) is 25.0 Å². The molecule has 6 heteroatoms. The van der Waals surface area contributed by atoms with Crippen LogP contribution in [0.3, 0.4) is 0 Å². The van der Waals surface area contributed by atoms with Gasteiger partial charge in [0.15, 0.2) is 0 Å². The molecule has 0 radical (unpaired) electrons. The third kappa shape index (κ3) is 4.33. The number of pyridine rings is 1. The molecule has 146 valence electrons. The van der Waals surface area contributed by atoms with Crippen LogP contribution in [0.5, 0.6) is 5.75 Å². The lowest BCUT2D eigenvalue weighted by Crippen LogP contribution is -2.22. The molecule has 0 saturated carbocycles. The fourth-order valence-corrected chi connectivity index (χ4v) is 3.30. The van der Waals surface area contributed by atoms with Crippen molar-refractivity contribution in [2.75, 3.05) is 7.11 Å². The lowest BCUT2D eigenvalue weighted by atomic mass is 9.99. The van der Waals surface area contributed by atoms with Crippen LogP contribution >= 0.6 is 0 Å². The number of hydrogen-bond donors (Lipinski definition) is 2. The van der Waals surface area contributed by atoms with Crippen molar-refractivity contribution in [3.05, 3.63) is 102 Å². The van der Waals surface area contributed by atoms with Crippen LogP contribution in [0, 0.1) is 5.82 Å². The first-order chi connectivity index (χ1) is 14.2. The summed E-state index contributed by atoms with van der Waals surface area (Å²) in [6.45, 7) is 0.586. The number of benzene rings is 2. The van der Waals surface area contributed by atoms with Gasteiger partial charge in [-0.3, -0.25) is 10.1 Å². The molecule has 1 atom stereocenters. The average molecular weight is 388 g/mol. The summed E-state index contributed by atoms with van der Waals surface area (Å²) in [6, 6.07) is 18.4. The normalized spacial score (nSPS) is 11.9. The van der Waals surface area contributed by atoms with Crippen molar-refractivity contribution in [3.63, 3.8) is 0 Å². The molecule has 0 bridgehead atoms. The zero-order chi connectivity index (χ0) is 20.1. The van der Waals surface area contributed by atoms with Crippen molar-refractivity contribution in [3.8, 4) is 17.0 Å². The summed E-state index contributed by atoms with van der Waals surface area (Å²) in [5.74, 6) is 0.556. The number of H-pyrrole nitrogens is 1. The Morgan fingerprint density at radius 3 is 2.34 bits per heavy atom. The van der Waals surface area contributed by atoms with Crippen LogP contribution < -0.4 is 10.1 Å². The third-order valence-electron chi connectivity index (χ3n) is 4.84. The number of aromatic amines is 1. The summed E-state index contributed by atoms with van der Waals surface area (Å²) in [4.78, 5) is 4.13. The van der Waals surface area contributed by atoms with Crippen molar-refractivity contribution in [1.29, 1.82) is 0 Å². The lowest BCUT2D eigenvalue weighted by molar-refractivity contribution is 0.414. The minimum absolute atomic E-state index is 0.0279. The van der Waals surface area contributed by atoms with E-state index in [1.807, 2.05) is 36.4 Å². The molecule has 0 saturated heterocycles. The number of nitrogens with zero attached hydrogens (tertiary/aromatic N) is 2. The van der Waals surface area contributed by atoms with Gasteiger partial charge in [-0.2, -0.15) is 5.10 Å². The van der Waals surface area contributed by atoms with Crippen LogP contribution in [-0.4, -0.2) is 22.3 Å². The second kappa shape index (κ2) is 8.67. The van der Waals surface area contributed by atoms with Gasteiger partial charge in [0.25, 0.3) is 0 Å². The monoisotopic (exact) mass is 388 g/mol. The third-order valence-corrected chi connectivity index (χ3v) is 4.84. The zero-order valence-electron chi connectivity index (χ0n) is 16.0. The smallest absolute Gasteiger partial charge is 0.123 e. The number of aromatic nitrogens is 3. The Morgan fingerprint density at radius 2 is 1.66 bits per heavy atom. The van der Waals surface area contributed by atoms with Crippen molar-refractivity contribution in [2.24, 2.45) is 0 Å². The molecule has 0 aliphatic carbocycles. The first-order valence-corrected chi connectivity index (χ1v) is 9.30. The number of hydrogen-bond acceptors (Lipinski definition) is 4. The molecular weight excluding hydrogens is 367 g/mol. The highest BCUT2D eigenvalue weighted by molar-refractivity contribution is 5.62. The number of halogens is 1. The molecule has 0 unspecified atom stereocenters. The van der Waals surface area contributed by atoms with E-state index in [1.54, 1.807) is 37.8 Å². The molecule has 2 heterocycles. The van der Waals surface area contributed by atoms with E-state index in [0.29, 0.717) is 6.54 Å². The van der Waals surface area contributed by atoms with Gasteiger partial charge in [0.2, 0.25) is 0 Å². The highest BCUT2D eigenvalue weighted by Crippen LogP contribution is 2.26. The maximum absolute atomic E-state index is 13.3. The summed E-state index contributed by atoms with van der Waals surface area (Å²) in [5, 5.41) is 10.8. The fourth-order valence-electron chi connectivity index (χ4n) is 3.30. The molecule has 2 aromatic heterocycles. The van der Waals surface area contributed by atoms with Gasteiger partial charge >= 0.3 is 0 Å². The molecule has 4 aromatic rings. The van der Waals surface area contributed by atoms with Gasteiger partial charge in [0, 0.05) is 30.1 Å². The molecule has 0 aliphatic rings. The van der Waals surface area contributed by atoms with Crippen molar-refractivity contribution < 1.29 is 9.13 Å². The van der Waals surface area contributed by atoms with E-state index in [4.69, 9.17) is 4.74 Å². The van der Waals surface area contributed by atoms with E-state index in [9.17, 15) is 4.39 Å². The van der Waals surface area contributed by atoms with E-state index < -0.39 is 0 Å². The van der Waals surface area contributed by atoms with E-state index in [-0.39, 0.29) is 11.9 Å². The number of rotatable bonds is 7. The SMILES string of the molecule is COc1ccc([C@@H](NCc2cn[nH]c2-c2ccc(F)cc2)c2ccncc2)cc1. The molecule has 29 heavy (non-hydrogen) atoms. The van der Waals surface area contributed by atoms with Crippen molar-refractivity contribution >= 4 is 0 Å². The van der Waals surface area contributed by atoms with Gasteiger partial charge in [-0.25, -0.2) is 4.39 Å². The minimum Gasteiger partial charge on any atom is -0.497 e. The number of nitrogens with one attached hydrogen (secondary N) is 2. The molecule has 5 nitrogen and oxygen atoms in total. The standard InChI is InChI=1S/C23H21FN4O/c1-29-21-8-4-16(5-9-21)22(18-10-12-25-13-11-18)26-14-19-15-27-28-23(19)17-2-6-20(24)7-3-17/h2-13,15,22,26H,14H2,1H3,(H,27,28)/t22-/m1/s1. The number of methoxy groups -OCH3 is 1. The van der Waals surface area contributed by atoms with Gasteiger partial charge in [-0.1, -0.05) is 12.1 Å². The van der Waals surface area contributed by atoms with Crippen LogP contribution in [0.1, 0.15) is 22.7 Å². The molecule has 0 spiro atoms. The summed E-state index contributed by atoms with van der Waals surface area (Å²) < 4.78 is 18.5. The molecule has 0 fully saturated rings. The van der Waals surface area contributed by atoms with Crippen LogP contribution in [0.15, 0.2) is 79.3 Å². The first kappa shape index (κ1) is 18.8. The zero-order valence-corrected chi connectivity index (χ0v) is 16.0.